The zero-order chi connectivity index (χ0) is 15.8. The van der Waals surface area contributed by atoms with Gasteiger partial charge in [-0.05, 0) is 30.2 Å². The van der Waals surface area contributed by atoms with Crippen LogP contribution in [0.1, 0.15) is 29.3 Å². The van der Waals surface area contributed by atoms with E-state index in [0.717, 1.165) is 12.0 Å². The van der Waals surface area contributed by atoms with E-state index in [1.54, 1.807) is 25.3 Å². The van der Waals surface area contributed by atoms with Gasteiger partial charge in [-0.3, -0.25) is 4.79 Å². The maximum Gasteiger partial charge on any atom is 0.251 e. The van der Waals surface area contributed by atoms with Crippen molar-refractivity contribution in [2.75, 3.05) is 13.7 Å². The normalized spacial score (nSPS) is 10.1. The topological polar surface area (TPSA) is 47.6 Å². The fraction of sp³-hybridized carbons (Fsp3) is 0.278. The highest BCUT2D eigenvalue weighted by molar-refractivity contribution is 5.94. The molecule has 0 radical (unpaired) electrons. The molecule has 0 bridgehead atoms. The number of hydrogen-bond donors (Lipinski definition) is 1. The van der Waals surface area contributed by atoms with Crippen molar-refractivity contribution in [3.8, 4) is 11.5 Å². The van der Waals surface area contributed by atoms with Crippen LogP contribution in [0.5, 0.6) is 11.5 Å². The summed E-state index contributed by atoms with van der Waals surface area (Å²) in [6, 6.07) is 15.1. The third-order valence-electron chi connectivity index (χ3n) is 3.20. The van der Waals surface area contributed by atoms with Crippen LogP contribution in [0.25, 0.3) is 0 Å². The van der Waals surface area contributed by atoms with Gasteiger partial charge < -0.3 is 14.8 Å². The molecule has 22 heavy (non-hydrogen) atoms. The number of amides is 1. The number of hydrogen-bond acceptors (Lipinski definition) is 3. The highest BCUT2D eigenvalue weighted by Crippen LogP contribution is 2.28. The Balaban J connectivity index is 2.07. The third-order valence-corrected chi connectivity index (χ3v) is 3.20. The van der Waals surface area contributed by atoms with Crippen LogP contribution in [-0.2, 0) is 6.61 Å². The Morgan fingerprint density at radius 1 is 1.09 bits per heavy atom. The number of nitrogens with one attached hydrogen (secondary N) is 1. The van der Waals surface area contributed by atoms with E-state index in [9.17, 15) is 4.79 Å². The Morgan fingerprint density at radius 3 is 2.55 bits per heavy atom. The molecule has 2 aromatic rings. The van der Waals surface area contributed by atoms with Crippen molar-refractivity contribution in [2.45, 2.75) is 20.0 Å². The molecule has 0 aliphatic rings. The Labute approximate surface area is 131 Å². The fourth-order valence-corrected chi connectivity index (χ4v) is 2.00. The van der Waals surface area contributed by atoms with Crippen LogP contribution in [0.2, 0.25) is 0 Å². The van der Waals surface area contributed by atoms with E-state index in [2.05, 4.69) is 5.32 Å². The number of carbonyl (C=O) groups is 1. The van der Waals surface area contributed by atoms with Gasteiger partial charge in [-0.15, -0.1) is 0 Å². The number of carbonyl (C=O) groups excluding carboxylic acids is 1. The summed E-state index contributed by atoms with van der Waals surface area (Å²) in [7, 11) is 1.57. The molecule has 116 valence electrons. The molecule has 2 rings (SSSR count). The maximum absolute atomic E-state index is 12.0. The minimum Gasteiger partial charge on any atom is -0.493 e. The van der Waals surface area contributed by atoms with Crippen LogP contribution >= 0.6 is 0 Å². The Kier molecular flexibility index (Phi) is 5.83. The van der Waals surface area contributed by atoms with E-state index in [0.29, 0.717) is 30.2 Å². The van der Waals surface area contributed by atoms with Crippen LogP contribution in [0.15, 0.2) is 48.5 Å². The second kappa shape index (κ2) is 8.08. The molecule has 0 spiro atoms. The maximum atomic E-state index is 12.0. The van der Waals surface area contributed by atoms with Gasteiger partial charge in [0.15, 0.2) is 11.5 Å². The first-order chi connectivity index (χ1) is 10.7. The number of rotatable bonds is 7. The first-order valence-corrected chi connectivity index (χ1v) is 7.37. The molecule has 0 aliphatic heterocycles. The van der Waals surface area contributed by atoms with E-state index in [-0.39, 0.29) is 5.91 Å². The summed E-state index contributed by atoms with van der Waals surface area (Å²) in [5, 5.41) is 2.84. The summed E-state index contributed by atoms with van der Waals surface area (Å²) in [5.41, 5.74) is 1.65. The minimum atomic E-state index is -0.102. The molecule has 0 aromatic heterocycles. The van der Waals surface area contributed by atoms with Gasteiger partial charge in [-0.1, -0.05) is 37.3 Å². The molecule has 1 amide bonds. The minimum absolute atomic E-state index is 0.102. The summed E-state index contributed by atoms with van der Waals surface area (Å²) in [4.78, 5) is 12.0. The van der Waals surface area contributed by atoms with Crippen LogP contribution < -0.4 is 14.8 Å². The molecule has 0 saturated carbocycles. The second-order valence-corrected chi connectivity index (χ2v) is 4.90. The van der Waals surface area contributed by atoms with Crippen LogP contribution in [0.4, 0.5) is 0 Å². The van der Waals surface area contributed by atoms with Crippen molar-refractivity contribution in [2.24, 2.45) is 0 Å². The van der Waals surface area contributed by atoms with Gasteiger partial charge in [0, 0.05) is 12.1 Å². The van der Waals surface area contributed by atoms with Crippen molar-refractivity contribution in [1.29, 1.82) is 0 Å². The van der Waals surface area contributed by atoms with Gasteiger partial charge in [0.1, 0.15) is 6.61 Å². The van der Waals surface area contributed by atoms with Gasteiger partial charge in [-0.25, -0.2) is 0 Å². The Hall–Kier alpha value is -2.49. The van der Waals surface area contributed by atoms with E-state index in [4.69, 9.17) is 9.47 Å². The quantitative estimate of drug-likeness (QED) is 0.852. The predicted octanol–water partition coefficient (Wildman–Crippen LogP) is 3.41. The summed E-state index contributed by atoms with van der Waals surface area (Å²) < 4.78 is 11.1. The van der Waals surface area contributed by atoms with Crippen LogP contribution in [0, 0.1) is 0 Å². The second-order valence-electron chi connectivity index (χ2n) is 4.90. The lowest BCUT2D eigenvalue weighted by Gasteiger charge is -2.12. The molecule has 0 atom stereocenters. The lowest BCUT2D eigenvalue weighted by atomic mass is 10.2. The van der Waals surface area contributed by atoms with E-state index in [1.807, 2.05) is 37.3 Å². The Bertz CT molecular complexity index is 611. The predicted molar refractivity (Wildman–Crippen MR) is 86.4 cm³/mol. The summed E-state index contributed by atoms with van der Waals surface area (Å²) in [6.07, 6.45) is 0.904. The van der Waals surface area contributed by atoms with Crippen molar-refractivity contribution in [3.05, 3.63) is 59.7 Å². The fourth-order valence-electron chi connectivity index (χ4n) is 2.00. The molecule has 1 N–H and O–H groups in total. The van der Waals surface area contributed by atoms with Crippen molar-refractivity contribution < 1.29 is 14.3 Å². The zero-order valence-corrected chi connectivity index (χ0v) is 13.0. The Morgan fingerprint density at radius 2 is 1.86 bits per heavy atom. The molecule has 0 fully saturated rings. The molecule has 2 aromatic carbocycles. The van der Waals surface area contributed by atoms with Crippen LogP contribution in [0.3, 0.4) is 0 Å². The molecule has 0 saturated heterocycles. The van der Waals surface area contributed by atoms with Crippen molar-refractivity contribution in [3.63, 3.8) is 0 Å². The van der Waals surface area contributed by atoms with Gasteiger partial charge in [0.2, 0.25) is 0 Å². The highest BCUT2D eigenvalue weighted by atomic mass is 16.5. The third kappa shape index (κ3) is 4.25. The summed E-state index contributed by atoms with van der Waals surface area (Å²) >= 11 is 0. The smallest absolute Gasteiger partial charge is 0.251 e. The first kappa shape index (κ1) is 15.9. The van der Waals surface area contributed by atoms with Gasteiger partial charge in [-0.2, -0.15) is 0 Å². The number of benzene rings is 2. The molecule has 4 nitrogen and oxygen atoms in total. The number of methoxy groups -OCH3 is 1. The van der Waals surface area contributed by atoms with Crippen LogP contribution in [-0.4, -0.2) is 19.6 Å². The molecule has 4 heteroatoms. The monoisotopic (exact) mass is 299 g/mol. The average molecular weight is 299 g/mol. The lowest BCUT2D eigenvalue weighted by molar-refractivity contribution is 0.0953. The first-order valence-electron chi connectivity index (χ1n) is 7.37. The van der Waals surface area contributed by atoms with E-state index in [1.165, 1.54) is 0 Å². The van der Waals surface area contributed by atoms with Gasteiger partial charge in [0.05, 0.1) is 7.11 Å². The van der Waals surface area contributed by atoms with Crippen molar-refractivity contribution in [1.82, 2.24) is 5.32 Å². The SMILES string of the molecule is CCCNC(=O)c1ccc(OCc2ccccc2)c(OC)c1. The van der Waals surface area contributed by atoms with Gasteiger partial charge >= 0.3 is 0 Å². The summed E-state index contributed by atoms with van der Waals surface area (Å²) in [5.74, 6) is 1.08. The van der Waals surface area contributed by atoms with E-state index >= 15 is 0 Å². The molecule has 0 aliphatic carbocycles. The molecular formula is C18H21NO3. The zero-order valence-electron chi connectivity index (χ0n) is 13.0. The average Bonchev–Trinajstić information content (AvgIpc) is 2.58. The standard InChI is InChI=1S/C18H21NO3/c1-3-11-19-18(20)15-9-10-16(17(12-15)21-2)22-13-14-7-5-4-6-8-14/h4-10,12H,3,11,13H2,1-2H3,(H,19,20). The largest absolute Gasteiger partial charge is 0.493 e. The van der Waals surface area contributed by atoms with Gasteiger partial charge in [0.25, 0.3) is 5.91 Å². The van der Waals surface area contributed by atoms with Crippen molar-refractivity contribution >= 4 is 5.91 Å². The molecule has 0 unspecified atom stereocenters. The molecular weight excluding hydrogens is 278 g/mol. The highest BCUT2D eigenvalue weighted by Gasteiger charge is 2.10. The summed E-state index contributed by atoms with van der Waals surface area (Å²) in [6.45, 7) is 3.13. The number of ether oxygens (including phenoxy) is 2. The lowest BCUT2D eigenvalue weighted by Crippen LogP contribution is -2.23. The molecule has 0 heterocycles. The van der Waals surface area contributed by atoms with E-state index < -0.39 is 0 Å².